The standard InChI is InChI=1S/C25H31N5OS/c1-4-15-30(3)23-17-21(5-2)28-25(29-23)32-18-19-9-8-10-20(16-19)24(31)27-14-12-22-11-6-7-13-26-22/h6-11,13,16-17H,4-5,12,14-15,18H2,1-3H3,(H,27,31). The molecule has 0 saturated carbocycles. The number of benzene rings is 1. The van der Waals surface area contributed by atoms with E-state index in [1.165, 1.54) is 0 Å². The molecule has 32 heavy (non-hydrogen) atoms. The molecule has 168 valence electrons. The van der Waals surface area contributed by atoms with Gasteiger partial charge in [-0.15, -0.1) is 0 Å². The van der Waals surface area contributed by atoms with Gasteiger partial charge in [0.15, 0.2) is 5.16 Å². The molecule has 3 aromatic rings. The van der Waals surface area contributed by atoms with Crippen LogP contribution in [0.1, 0.15) is 47.6 Å². The molecule has 3 rings (SSSR count). The van der Waals surface area contributed by atoms with Crippen molar-refractivity contribution >= 4 is 23.5 Å². The van der Waals surface area contributed by atoms with Gasteiger partial charge in [0.25, 0.3) is 5.91 Å². The SMILES string of the molecule is CCCN(C)c1cc(CC)nc(SCc2cccc(C(=O)NCCc3ccccn3)c2)n1. The Morgan fingerprint density at radius 2 is 1.94 bits per heavy atom. The van der Waals surface area contributed by atoms with Gasteiger partial charge in [-0.2, -0.15) is 0 Å². The van der Waals surface area contributed by atoms with Crippen LogP contribution in [0.2, 0.25) is 0 Å². The molecule has 1 N–H and O–H groups in total. The number of aryl methyl sites for hydroxylation is 1. The van der Waals surface area contributed by atoms with E-state index in [2.05, 4.69) is 47.1 Å². The number of hydrogen-bond donors (Lipinski definition) is 1. The summed E-state index contributed by atoms with van der Waals surface area (Å²) in [6.07, 6.45) is 4.42. The van der Waals surface area contributed by atoms with Crippen molar-refractivity contribution < 1.29 is 4.79 Å². The lowest BCUT2D eigenvalue weighted by atomic mass is 10.1. The van der Waals surface area contributed by atoms with E-state index in [9.17, 15) is 4.79 Å². The number of anilines is 1. The minimum atomic E-state index is -0.0690. The molecule has 0 aliphatic rings. The second-order valence-corrected chi connectivity index (χ2v) is 8.53. The minimum Gasteiger partial charge on any atom is -0.360 e. The van der Waals surface area contributed by atoms with Crippen molar-refractivity contribution in [3.8, 4) is 0 Å². The van der Waals surface area contributed by atoms with Crippen LogP contribution in [0.15, 0.2) is 59.9 Å². The van der Waals surface area contributed by atoms with E-state index in [-0.39, 0.29) is 5.91 Å². The number of rotatable bonds is 11. The molecule has 6 nitrogen and oxygen atoms in total. The smallest absolute Gasteiger partial charge is 0.251 e. The number of pyridine rings is 1. The van der Waals surface area contributed by atoms with Gasteiger partial charge in [0.05, 0.1) is 0 Å². The molecule has 0 atom stereocenters. The summed E-state index contributed by atoms with van der Waals surface area (Å²) in [6.45, 7) is 5.79. The minimum absolute atomic E-state index is 0.0690. The Morgan fingerprint density at radius 3 is 2.69 bits per heavy atom. The first-order valence-corrected chi connectivity index (χ1v) is 12.1. The van der Waals surface area contributed by atoms with Crippen molar-refractivity contribution in [1.82, 2.24) is 20.3 Å². The molecule has 0 fully saturated rings. The van der Waals surface area contributed by atoms with Crippen LogP contribution < -0.4 is 10.2 Å². The molecule has 0 aliphatic carbocycles. The number of carbonyl (C=O) groups excluding carboxylic acids is 1. The molecule has 0 bridgehead atoms. The molecule has 0 spiro atoms. The molecule has 1 aromatic carbocycles. The topological polar surface area (TPSA) is 71.0 Å². The summed E-state index contributed by atoms with van der Waals surface area (Å²) in [5, 5.41) is 3.75. The Kier molecular flexibility index (Phi) is 9.04. The quantitative estimate of drug-likeness (QED) is 0.342. The van der Waals surface area contributed by atoms with E-state index in [1.54, 1.807) is 18.0 Å². The highest BCUT2D eigenvalue weighted by Gasteiger charge is 2.10. The number of aromatic nitrogens is 3. The first-order chi connectivity index (χ1) is 15.6. The van der Waals surface area contributed by atoms with Gasteiger partial charge >= 0.3 is 0 Å². The zero-order valence-electron chi connectivity index (χ0n) is 19.0. The third-order valence-corrected chi connectivity index (χ3v) is 5.93. The summed E-state index contributed by atoms with van der Waals surface area (Å²) >= 11 is 1.60. The summed E-state index contributed by atoms with van der Waals surface area (Å²) in [7, 11) is 2.07. The second kappa shape index (κ2) is 12.2. The number of nitrogens with one attached hydrogen (secondary N) is 1. The average Bonchev–Trinajstić information content (AvgIpc) is 2.83. The van der Waals surface area contributed by atoms with E-state index in [0.717, 1.165) is 47.3 Å². The molecule has 2 heterocycles. The molecule has 1 amide bonds. The zero-order chi connectivity index (χ0) is 22.8. The lowest BCUT2D eigenvalue weighted by Crippen LogP contribution is -2.25. The van der Waals surface area contributed by atoms with Crippen molar-refractivity contribution in [3.05, 3.63) is 77.2 Å². The van der Waals surface area contributed by atoms with E-state index in [4.69, 9.17) is 4.98 Å². The van der Waals surface area contributed by atoms with Crippen LogP contribution in [-0.4, -0.2) is 41.0 Å². The van der Waals surface area contributed by atoms with Crippen LogP contribution >= 0.6 is 11.8 Å². The Bertz CT molecular complexity index is 1010. The Labute approximate surface area is 194 Å². The van der Waals surface area contributed by atoms with Crippen molar-refractivity contribution in [2.24, 2.45) is 0 Å². The summed E-state index contributed by atoms with van der Waals surface area (Å²) in [4.78, 5) is 28.4. The fourth-order valence-corrected chi connectivity index (χ4v) is 4.07. The first-order valence-electron chi connectivity index (χ1n) is 11.1. The predicted octanol–water partition coefficient (Wildman–Crippen LogP) is 4.55. The van der Waals surface area contributed by atoms with Crippen LogP contribution in [0.25, 0.3) is 0 Å². The lowest BCUT2D eigenvalue weighted by molar-refractivity contribution is 0.0954. The summed E-state index contributed by atoms with van der Waals surface area (Å²) in [5.74, 6) is 1.60. The highest BCUT2D eigenvalue weighted by Crippen LogP contribution is 2.23. The highest BCUT2D eigenvalue weighted by molar-refractivity contribution is 7.98. The normalized spacial score (nSPS) is 10.7. The van der Waals surface area contributed by atoms with Gasteiger partial charge in [-0.1, -0.05) is 43.8 Å². The monoisotopic (exact) mass is 449 g/mol. The zero-order valence-corrected chi connectivity index (χ0v) is 19.9. The highest BCUT2D eigenvalue weighted by atomic mass is 32.2. The summed E-state index contributed by atoms with van der Waals surface area (Å²) < 4.78 is 0. The van der Waals surface area contributed by atoms with Gasteiger partial charge < -0.3 is 10.2 Å². The van der Waals surface area contributed by atoms with Crippen LogP contribution in [0.3, 0.4) is 0 Å². The van der Waals surface area contributed by atoms with Gasteiger partial charge in [0.1, 0.15) is 5.82 Å². The van der Waals surface area contributed by atoms with Crippen LogP contribution in [0, 0.1) is 0 Å². The third-order valence-electron chi connectivity index (χ3n) is 5.01. The van der Waals surface area contributed by atoms with Crippen LogP contribution in [0.4, 0.5) is 5.82 Å². The van der Waals surface area contributed by atoms with Gasteiger partial charge in [-0.05, 0) is 42.7 Å². The molecular formula is C25H31N5OS. The Morgan fingerprint density at radius 1 is 1.06 bits per heavy atom. The van der Waals surface area contributed by atoms with Crippen molar-refractivity contribution in [1.29, 1.82) is 0 Å². The molecular weight excluding hydrogens is 418 g/mol. The van der Waals surface area contributed by atoms with Crippen molar-refractivity contribution in [3.63, 3.8) is 0 Å². The third kappa shape index (κ3) is 7.05. The molecule has 0 saturated heterocycles. The second-order valence-electron chi connectivity index (χ2n) is 7.59. The molecule has 0 unspecified atom stereocenters. The number of nitrogens with zero attached hydrogens (tertiary/aromatic N) is 4. The molecule has 2 aromatic heterocycles. The van der Waals surface area contributed by atoms with Crippen molar-refractivity contribution in [2.45, 2.75) is 44.0 Å². The van der Waals surface area contributed by atoms with Crippen LogP contribution in [0.5, 0.6) is 0 Å². The largest absolute Gasteiger partial charge is 0.360 e. The van der Waals surface area contributed by atoms with Crippen LogP contribution in [-0.2, 0) is 18.6 Å². The van der Waals surface area contributed by atoms with E-state index < -0.39 is 0 Å². The van der Waals surface area contributed by atoms with Gasteiger partial charge in [0.2, 0.25) is 0 Å². The summed E-state index contributed by atoms with van der Waals surface area (Å²) in [6, 6.07) is 15.6. The molecule has 0 aliphatic heterocycles. The van der Waals surface area contributed by atoms with E-state index in [0.29, 0.717) is 24.3 Å². The summed E-state index contributed by atoms with van der Waals surface area (Å²) in [5.41, 5.74) is 3.75. The first kappa shape index (κ1) is 23.7. The van der Waals surface area contributed by atoms with Gasteiger partial charge in [-0.3, -0.25) is 9.78 Å². The molecule has 0 radical (unpaired) electrons. The number of hydrogen-bond acceptors (Lipinski definition) is 6. The van der Waals surface area contributed by atoms with Gasteiger partial charge in [0, 0.05) is 61.5 Å². The number of carbonyl (C=O) groups is 1. The Balaban J connectivity index is 1.59. The Hall–Kier alpha value is -2.93. The average molecular weight is 450 g/mol. The van der Waals surface area contributed by atoms with E-state index in [1.807, 2.05) is 42.5 Å². The number of thioether (sulfide) groups is 1. The van der Waals surface area contributed by atoms with Crippen molar-refractivity contribution in [2.75, 3.05) is 25.0 Å². The maximum absolute atomic E-state index is 12.6. The van der Waals surface area contributed by atoms with E-state index >= 15 is 0 Å². The predicted molar refractivity (Wildman–Crippen MR) is 131 cm³/mol. The fourth-order valence-electron chi connectivity index (χ4n) is 3.25. The maximum atomic E-state index is 12.6. The fraction of sp³-hybridized carbons (Fsp3) is 0.360. The van der Waals surface area contributed by atoms with Gasteiger partial charge in [-0.25, -0.2) is 9.97 Å². The number of amides is 1. The maximum Gasteiger partial charge on any atom is 0.251 e. The molecule has 7 heteroatoms. The lowest BCUT2D eigenvalue weighted by Gasteiger charge is -2.18.